The van der Waals surface area contributed by atoms with Gasteiger partial charge >= 0.3 is 6.18 Å². The third kappa shape index (κ3) is 4.49. The van der Waals surface area contributed by atoms with Crippen molar-refractivity contribution < 1.29 is 27.5 Å². The van der Waals surface area contributed by atoms with Gasteiger partial charge in [-0.05, 0) is 31.0 Å². The molecule has 0 aliphatic carbocycles. The second-order valence-corrected chi connectivity index (χ2v) is 7.88. The van der Waals surface area contributed by atoms with Gasteiger partial charge in [0, 0.05) is 12.7 Å². The van der Waals surface area contributed by atoms with E-state index in [-0.39, 0.29) is 47.1 Å². The number of aromatic nitrogens is 3. The summed E-state index contributed by atoms with van der Waals surface area (Å²) in [6, 6.07) is 7.18. The number of amides is 1. The van der Waals surface area contributed by atoms with Gasteiger partial charge in [0.25, 0.3) is 5.91 Å². The Bertz CT molecular complexity index is 1220. The molecule has 8 nitrogen and oxygen atoms in total. The maximum absolute atomic E-state index is 14.1. The van der Waals surface area contributed by atoms with Crippen molar-refractivity contribution in [3.8, 4) is 11.4 Å². The Hall–Kier alpha value is -3.80. The van der Waals surface area contributed by atoms with E-state index in [4.69, 9.17) is 5.73 Å². The minimum absolute atomic E-state index is 0.0601. The number of carbonyl (C=O) groups excluding carboxylic acids is 1. The average molecular weight is 476 g/mol. The van der Waals surface area contributed by atoms with Gasteiger partial charge in [-0.2, -0.15) is 13.2 Å². The summed E-state index contributed by atoms with van der Waals surface area (Å²) >= 11 is 0. The first kappa shape index (κ1) is 23.4. The maximum Gasteiger partial charge on any atom is 0.418 e. The van der Waals surface area contributed by atoms with E-state index in [2.05, 4.69) is 20.3 Å². The summed E-state index contributed by atoms with van der Waals surface area (Å²) in [6.07, 6.45) is -1.33. The number of benzene rings is 1. The van der Waals surface area contributed by atoms with Gasteiger partial charge in [0.2, 0.25) is 0 Å². The molecule has 0 radical (unpaired) electrons. The van der Waals surface area contributed by atoms with E-state index in [0.717, 1.165) is 0 Å². The number of β-amino-alcohol motifs (C(OH)–C–C–N with tert-alkyl or cyclic N) is 1. The molecule has 1 aliphatic heterocycles. The topological polar surface area (TPSA) is 117 Å². The van der Waals surface area contributed by atoms with Crippen LogP contribution in [0.15, 0.2) is 48.9 Å². The van der Waals surface area contributed by atoms with E-state index in [9.17, 15) is 27.5 Å². The number of hydrogen-bond donors (Lipinski definition) is 3. The minimum atomic E-state index is -4.80. The second kappa shape index (κ2) is 8.86. The highest BCUT2D eigenvalue weighted by Gasteiger charge is 2.55. The van der Waals surface area contributed by atoms with E-state index in [1.165, 1.54) is 47.8 Å². The van der Waals surface area contributed by atoms with Crippen LogP contribution >= 0.6 is 0 Å². The summed E-state index contributed by atoms with van der Waals surface area (Å²) in [5, 5.41) is 12.7. The van der Waals surface area contributed by atoms with Crippen LogP contribution in [-0.2, 0) is 0 Å². The predicted molar refractivity (Wildman–Crippen MR) is 116 cm³/mol. The van der Waals surface area contributed by atoms with Crippen molar-refractivity contribution >= 4 is 23.0 Å². The van der Waals surface area contributed by atoms with E-state index in [0.29, 0.717) is 0 Å². The number of nitrogens with one attached hydrogen (secondary N) is 1. The van der Waals surface area contributed by atoms with Crippen molar-refractivity contribution in [2.24, 2.45) is 0 Å². The number of hydrogen-bond acceptors (Lipinski definition) is 7. The molecule has 178 valence electrons. The third-order valence-electron chi connectivity index (χ3n) is 5.53. The van der Waals surface area contributed by atoms with Crippen LogP contribution in [0.5, 0.6) is 0 Å². The number of pyridine rings is 1. The highest BCUT2D eigenvalue weighted by atomic mass is 19.4. The number of carbonyl (C=O) groups is 1. The zero-order valence-electron chi connectivity index (χ0n) is 17.7. The van der Waals surface area contributed by atoms with Crippen LogP contribution in [0, 0.1) is 5.82 Å². The first-order valence-electron chi connectivity index (χ1n) is 10.3. The Morgan fingerprint density at radius 1 is 1.21 bits per heavy atom. The van der Waals surface area contributed by atoms with Crippen LogP contribution < -0.4 is 16.0 Å². The van der Waals surface area contributed by atoms with Crippen molar-refractivity contribution in [1.82, 2.24) is 15.0 Å². The van der Waals surface area contributed by atoms with Crippen LogP contribution in [0.4, 0.5) is 34.6 Å². The van der Waals surface area contributed by atoms with Crippen LogP contribution in [0.25, 0.3) is 11.4 Å². The Morgan fingerprint density at radius 3 is 2.71 bits per heavy atom. The summed E-state index contributed by atoms with van der Waals surface area (Å²) in [5.74, 6) is -1.43. The fourth-order valence-electron chi connectivity index (χ4n) is 3.76. The highest BCUT2D eigenvalue weighted by Crippen LogP contribution is 2.39. The van der Waals surface area contributed by atoms with Gasteiger partial charge in [-0.25, -0.2) is 14.4 Å². The Morgan fingerprint density at radius 2 is 1.97 bits per heavy atom. The van der Waals surface area contributed by atoms with Crippen molar-refractivity contribution in [2.45, 2.75) is 24.6 Å². The molecule has 4 rings (SSSR count). The number of anilines is 3. The number of nitrogens with two attached hydrogens (primary N) is 1. The zero-order valence-corrected chi connectivity index (χ0v) is 17.7. The molecule has 1 atom stereocenters. The van der Waals surface area contributed by atoms with Gasteiger partial charge in [0.1, 0.15) is 5.82 Å². The summed E-state index contributed by atoms with van der Waals surface area (Å²) in [4.78, 5) is 26.3. The number of nitrogens with zero attached hydrogens (tertiary/aromatic N) is 4. The van der Waals surface area contributed by atoms with Gasteiger partial charge in [-0.15, -0.1) is 0 Å². The first-order valence-corrected chi connectivity index (χ1v) is 10.3. The molecule has 12 heteroatoms. The molecule has 0 spiro atoms. The molecular formula is C22H20F4N6O2. The van der Waals surface area contributed by atoms with Gasteiger partial charge in [-0.1, -0.05) is 12.1 Å². The minimum Gasteiger partial charge on any atom is -0.396 e. The molecule has 2 aromatic heterocycles. The van der Waals surface area contributed by atoms with Crippen molar-refractivity contribution in [1.29, 1.82) is 0 Å². The lowest BCUT2D eigenvalue weighted by atomic mass is 9.92. The molecule has 1 unspecified atom stereocenters. The van der Waals surface area contributed by atoms with E-state index >= 15 is 0 Å². The SMILES string of the molecule is Nc1cnc(-c2ccccc2F)nc1C(=O)Nc1cnccc1N1CCCC(O)(C(F)(F)F)C1. The van der Waals surface area contributed by atoms with Crippen molar-refractivity contribution in [2.75, 3.05) is 29.0 Å². The molecule has 34 heavy (non-hydrogen) atoms. The summed E-state index contributed by atoms with van der Waals surface area (Å²) in [6.45, 7) is -0.463. The molecule has 1 fully saturated rings. The zero-order chi connectivity index (χ0) is 24.5. The maximum atomic E-state index is 14.1. The Balaban J connectivity index is 1.62. The molecular weight excluding hydrogens is 456 g/mol. The first-order chi connectivity index (χ1) is 16.1. The van der Waals surface area contributed by atoms with E-state index in [1.807, 2.05) is 0 Å². The lowest BCUT2D eigenvalue weighted by molar-refractivity contribution is -0.261. The smallest absolute Gasteiger partial charge is 0.396 e. The van der Waals surface area contributed by atoms with Gasteiger partial charge in [0.05, 0.1) is 41.6 Å². The van der Waals surface area contributed by atoms with Crippen LogP contribution in [0.1, 0.15) is 23.3 Å². The summed E-state index contributed by atoms with van der Waals surface area (Å²) in [7, 11) is 0. The predicted octanol–water partition coefficient (Wildman–Crippen LogP) is 3.41. The number of rotatable bonds is 4. The fraction of sp³-hybridized carbons (Fsp3) is 0.273. The Labute approximate surface area is 191 Å². The molecule has 0 saturated carbocycles. The summed E-state index contributed by atoms with van der Waals surface area (Å²) in [5.41, 5.74) is 3.08. The number of nitrogen functional groups attached to an aromatic ring is 1. The number of alkyl halides is 3. The largest absolute Gasteiger partial charge is 0.418 e. The van der Waals surface area contributed by atoms with E-state index in [1.54, 1.807) is 6.07 Å². The van der Waals surface area contributed by atoms with Gasteiger partial charge in [0.15, 0.2) is 17.1 Å². The molecule has 4 N–H and O–H groups in total. The van der Waals surface area contributed by atoms with Crippen molar-refractivity contribution in [3.63, 3.8) is 0 Å². The van der Waals surface area contributed by atoms with Crippen LogP contribution in [0.2, 0.25) is 0 Å². The molecule has 1 aromatic carbocycles. The van der Waals surface area contributed by atoms with E-state index < -0.39 is 36.5 Å². The Kier molecular flexibility index (Phi) is 6.09. The fourth-order valence-corrected chi connectivity index (χ4v) is 3.76. The molecule has 1 saturated heterocycles. The molecule has 3 heterocycles. The third-order valence-corrected chi connectivity index (χ3v) is 5.53. The standard InChI is InChI=1S/C22H20F4N6O2/c23-14-5-2-1-4-13(14)19-29-10-15(27)18(31-19)20(33)30-16-11-28-8-6-17(16)32-9-3-7-21(34,12-32)22(24,25)26/h1-2,4-6,8,10-11,34H,3,7,9,12,27H2,(H,30,33). The lowest BCUT2D eigenvalue weighted by Crippen LogP contribution is -2.57. The molecule has 1 aliphatic rings. The quantitative estimate of drug-likeness (QED) is 0.494. The average Bonchev–Trinajstić information content (AvgIpc) is 2.79. The lowest BCUT2D eigenvalue weighted by Gasteiger charge is -2.41. The van der Waals surface area contributed by atoms with Gasteiger partial charge < -0.3 is 21.1 Å². The monoisotopic (exact) mass is 476 g/mol. The molecule has 3 aromatic rings. The highest BCUT2D eigenvalue weighted by molar-refractivity contribution is 6.07. The molecule has 0 bridgehead atoms. The van der Waals surface area contributed by atoms with Gasteiger partial charge in [-0.3, -0.25) is 9.78 Å². The van der Waals surface area contributed by atoms with Crippen molar-refractivity contribution in [3.05, 3.63) is 60.4 Å². The molecule has 1 amide bonds. The van der Waals surface area contributed by atoms with Crippen LogP contribution in [-0.4, -0.2) is 50.8 Å². The normalized spacial score (nSPS) is 18.6. The second-order valence-electron chi connectivity index (χ2n) is 7.88. The van der Waals surface area contributed by atoms with Crippen LogP contribution in [0.3, 0.4) is 0 Å². The summed E-state index contributed by atoms with van der Waals surface area (Å²) < 4.78 is 54.3. The number of piperidine rings is 1. The number of aliphatic hydroxyl groups is 1. The number of halogens is 4.